The van der Waals surface area contributed by atoms with Crippen molar-refractivity contribution in [2.75, 3.05) is 0 Å². The molecule has 0 spiro atoms. The van der Waals surface area contributed by atoms with Gasteiger partial charge in [0.05, 0.1) is 0 Å². The number of hydrogen-bond donors (Lipinski definition) is 0. The molecule has 0 aliphatic heterocycles. The maximum absolute atomic E-state index is 7.13. The quantitative estimate of drug-likeness (QED) is 0.256. The van der Waals surface area contributed by atoms with Gasteiger partial charge in [0.2, 0.25) is 0 Å². The van der Waals surface area contributed by atoms with E-state index in [0.29, 0.717) is 0 Å². The van der Waals surface area contributed by atoms with Crippen molar-refractivity contribution in [1.82, 2.24) is 6.15 Å². The SMILES string of the molecule is N#C[S-].N#C[S-].N#C[S-].N#C[S-].[K+].[N+3]. The summed E-state index contributed by atoms with van der Waals surface area (Å²) in [6.45, 7) is 0. The van der Waals surface area contributed by atoms with E-state index in [1.54, 1.807) is 0 Å². The molecule has 0 aromatic carbocycles. The average molecular weight is 285 g/mol. The van der Waals surface area contributed by atoms with Crippen molar-refractivity contribution in [1.29, 1.82) is 21.0 Å². The van der Waals surface area contributed by atoms with E-state index in [1.165, 1.54) is 21.6 Å². The van der Waals surface area contributed by atoms with Crippen LogP contribution in [0.4, 0.5) is 0 Å². The molecule has 0 atom stereocenters. The van der Waals surface area contributed by atoms with E-state index in [4.69, 9.17) is 21.0 Å². The molecule has 2 radical (unpaired) electrons. The Labute approximate surface area is 148 Å². The third-order valence-electron chi connectivity index (χ3n) is 0. The number of thiocyanates is 4. The van der Waals surface area contributed by atoms with Gasteiger partial charge in [-0.3, -0.25) is 0 Å². The Kier molecular flexibility index (Phi) is 294. The van der Waals surface area contributed by atoms with Crippen molar-refractivity contribution >= 4 is 50.5 Å². The van der Waals surface area contributed by atoms with Gasteiger partial charge in [-0.25, -0.2) is 21.0 Å². The molecule has 0 aromatic rings. The van der Waals surface area contributed by atoms with Crippen molar-refractivity contribution in [3.8, 4) is 21.6 Å². The first-order valence-electron chi connectivity index (χ1n) is 1.71. The average Bonchev–Trinajstić information content (AvgIpc) is 1.92. The van der Waals surface area contributed by atoms with Crippen LogP contribution in [0.15, 0.2) is 0 Å². The van der Waals surface area contributed by atoms with Gasteiger partial charge in [-0.15, -0.1) is 0 Å². The molecule has 0 aliphatic rings. The Morgan fingerprint density at radius 1 is 0.571 bits per heavy atom. The van der Waals surface area contributed by atoms with Crippen LogP contribution in [0.2, 0.25) is 0 Å². The van der Waals surface area contributed by atoms with E-state index in [2.05, 4.69) is 50.5 Å². The second kappa shape index (κ2) is 112. The second-order valence-corrected chi connectivity index (χ2v) is 1.10. The summed E-state index contributed by atoms with van der Waals surface area (Å²) in [6.07, 6.45) is 0. The van der Waals surface area contributed by atoms with Gasteiger partial charge in [0.25, 0.3) is 0 Å². The third kappa shape index (κ3) is 43900. The smallest absolute Gasteiger partial charge is 0.696 e. The first kappa shape index (κ1) is 36.8. The fourth-order valence-electron chi connectivity index (χ4n) is 0. The summed E-state index contributed by atoms with van der Waals surface area (Å²) in [6, 6.07) is 0. The topological polar surface area (TPSA) is 126 Å². The molecule has 0 saturated heterocycles. The van der Waals surface area contributed by atoms with E-state index in [1.807, 2.05) is 0 Å². The van der Waals surface area contributed by atoms with E-state index in [0.717, 1.165) is 0 Å². The summed E-state index contributed by atoms with van der Waals surface area (Å²) in [5, 5.41) is 33.9. The fraction of sp³-hybridized carbons (Fsp3) is 0. The van der Waals surface area contributed by atoms with Gasteiger partial charge >= 0.3 is 57.5 Å². The molecular formula is C4KN5S4. The van der Waals surface area contributed by atoms with E-state index < -0.39 is 0 Å². The van der Waals surface area contributed by atoms with Crippen molar-refractivity contribution in [2.45, 2.75) is 0 Å². The molecule has 14 heavy (non-hydrogen) atoms. The van der Waals surface area contributed by atoms with E-state index >= 15 is 0 Å². The molecule has 0 fully saturated rings. The van der Waals surface area contributed by atoms with Crippen molar-refractivity contribution < 1.29 is 51.4 Å². The molecule has 0 N–H and O–H groups in total. The van der Waals surface area contributed by atoms with Crippen molar-refractivity contribution in [3.05, 3.63) is 0 Å². The first-order valence-corrected chi connectivity index (χ1v) is 3.34. The van der Waals surface area contributed by atoms with Crippen LogP contribution in [0.3, 0.4) is 0 Å². The minimum absolute atomic E-state index is 0. The van der Waals surface area contributed by atoms with Crippen LogP contribution in [0, 0.1) is 42.7 Å². The second-order valence-electron chi connectivity index (χ2n) is 0.365. The Bertz CT molecular complexity index is 160. The molecule has 0 rings (SSSR count). The summed E-state index contributed by atoms with van der Waals surface area (Å²) in [4.78, 5) is 0. The summed E-state index contributed by atoms with van der Waals surface area (Å²) in [7, 11) is 0. The Hall–Kier alpha value is 0.186. The molecule has 66 valence electrons. The number of rotatable bonds is 0. The van der Waals surface area contributed by atoms with Gasteiger partial charge < -0.3 is 50.5 Å². The summed E-state index contributed by atoms with van der Waals surface area (Å²) in [5.74, 6) is 0. The normalized spacial score (nSPS) is 2.00. The monoisotopic (exact) mass is 285 g/mol. The minimum atomic E-state index is 0. The molecule has 0 bridgehead atoms. The molecular weight excluding hydrogens is 285 g/mol. The van der Waals surface area contributed by atoms with Gasteiger partial charge in [0.1, 0.15) is 0 Å². The maximum atomic E-state index is 7.13. The van der Waals surface area contributed by atoms with Gasteiger partial charge in [-0.05, 0) is 0 Å². The van der Waals surface area contributed by atoms with Crippen LogP contribution < -0.4 is 57.5 Å². The largest absolute Gasteiger partial charge is 3.00 e. The molecule has 0 aromatic heterocycles. The zero-order valence-electron chi connectivity index (χ0n) is 6.87. The molecule has 10 heteroatoms. The molecule has 0 unspecified atom stereocenters. The van der Waals surface area contributed by atoms with Gasteiger partial charge in [0.15, 0.2) is 0 Å². The molecule has 0 saturated carbocycles. The summed E-state index contributed by atoms with van der Waals surface area (Å²) < 4.78 is 0. The van der Waals surface area contributed by atoms with Crippen LogP contribution >= 0.6 is 0 Å². The van der Waals surface area contributed by atoms with Crippen molar-refractivity contribution in [3.63, 3.8) is 0 Å². The van der Waals surface area contributed by atoms with Gasteiger partial charge in [-0.1, -0.05) is 21.6 Å². The molecule has 0 heterocycles. The number of nitrogens with zero attached hydrogens (tertiary/aromatic N) is 5. The van der Waals surface area contributed by atoms with Crippen LogP contribution in [0.1, 0.15) is 0 Å². The maximum Gasteiger partial charge on any atom is 3.00 e. The standard InChI is InChI=1S/4CHNS.K.N/c4*2-1-3;;/h4*3H;;/q;;;;+1;+3/p-4. The molecule has 5 nitrogen and oxygen atoms in total. The van der Waals surface area contributed by atoms with Gasteiger partial charge in [-0.2, -0.15) is 0 Å². The Balaban J connectivity index is -0.0000000145. The van der Waals surface area contributed by atoms with Crippen LogP contribution in [0.25, 0.3) is 0 Å². The van der Waals surface area contributed by atoms with Crippen LogP contribution in [0.5, 0.6) is 0 Å². The predicted octanol–water partition coefficient (Wildman–Crippen LogP) is -3.42. The van der Waals surface area contributed by atoms with Gasteiger partial charge in [0, 0.05) is 0 Å². The number of nitriles is 4. The fourth-order valence-corrected chi connectivity index (χ4v) is 0. The Morgan fingerprint density at radius 3 is 0.571 bits per heavy atom. The predicted molar refractivity (Wildman–Crippen MR) is 54.0 cm³/mol. The van der Waals surface area contributed by atoms with E-state index in [-0.39, 0.29) is 57.5 Å². The molecule has 0 aliphatic carbocycles. The first-order chi connectivity index (χ1) is 5.66. The van der Waals surface area contributed by atoms with Crippen LogP contribution in [-0.2, 0) is 50.5 Å². The summed E-state index contributed by atoms with van der Waals surface area (Å²) in [5.41, 5.74) is 0. The third-order valence-corrected chi connectivity index (χ3v) is 0. The number of hydrogen-bond acceptors (Lipinski definition) is 8. The van der Waals surface area contributed by atoms with Crippen LogP contribution in [-0.4, -0.2) is 0 Å². The van der Waals surface area contributed by atoms with E-state index in [9.17, 15) is 0 Å². The summed E-state index contributed by atoms with van der Waals surface area (Å²) >= 11 is 14.8. The Morgan fingerprint density at radius 2 is 0.571 bits per heavy atom. The molecule has 0 amide bonds. The zero-order chi connectivity index (χ0) is 10.8. The van der Waals surface area contributed by atoms with Crippen molar-refractivity contribution in [2.24, 2.45) is 0 Å². The zero-order valence-corrected chi connectivity index (χ0v) is 13.3. The minimum Gasteiger partial charge on any atom is -0.696 e.